The monoisotopic (exact) mass is 655 g/mol. The summed E-state index contributed by atoms with van der Waals surface area (Å²) in [7, 11) is -2.50. The number of rotatable bonds is 11. The van der Waals surface area contributed by atoms with Crippen LogP contribution in [0.3, 0.4) is 0 Å². The van der Waals surface area contributed by atoms with Crippen molar-refractivity contribution in [1.29, 1.82) is 0 Å². The summed E-state index contributed by atoms with van der Waals surface area (Å²) in [4.78, 5) is 13.0. The highest BCUT2D eigenvalue weighted by atomic mass is 79.9. The molecule has 1 amide bonds. The van der Waals surface area contributed by atoms with Crippen molar-refractivity contribution in [3.8, 4) is 11.5 Å². The van der Waals surface area contributed by atoms with Gasteiger partial charge in [-0.1, -0.05) is 60.1 Å². The molecule has 0 heterocycles. The van der Waals surface area contributed by atoms with E-state index in [0.29, 0.717) is 44.4 Å². The maximum Gasteiger partial charge on any atom is 0.264 e. The lowest BCUT2D eigenvalue weighted by Gasteiger charge is -2.25. The number of hydrogen-bond donors (Lipinski definition) is 1. The van der Waals surface area contributed by atoms with E-state index in [-0.39, 0.29) is 4.90 Å². The van der Waals surface area contributed by atoms with E-state index < -0.39 is 22.5 Å². The van der Waals surface area contributed by atoms with E-state index in [2.05, 4.69) is 26.5 Å². The number of ether oxygens (including phenoxy) is 2. The third-order valence-electron chi connectivity index (χ3n) is 5.95. The molecule has 0 radical (unpaired) electrons. The number of hydrazone groups is 1. The summed E-state index contributed by atoms with van der Waals surface area (Å²) in [5.41, 5.74) is 5.08. The first-order valence-corrected chi connectivity index (χ1v) is 15.0. The molecule has 4 aromatic carbocycles. The molecule has 0 atom stereocenters. The van der Waals surface area contributed by atoms with Gasteiger partial charge < -0.3 is 9.47 Å². The number of para-hydroxylation sites is 1. The van der Waals surface area contributed by atoms with Crippen molar-refractivity contribution in [1.82, 2.24) is 5.43 Å². The molecule has 1 N–H and O–H groups in total. The van der Waals surface area contributed by atoms with Crippen LogP contribution in [0.4, 0.5) is 5.69 Å². The summed E-state index contributed by atoms with van der Waals surface area (Å²) in [6.07, 6.45) is 1.43. The highest BCUT2D eigenvalue weighted by Crippen LogP contribution is 2.37. The number of hydrogen-bond acceptors (Lipinski definition) is 6. The molecule has 0 bridgehead atoms. The first-order valence-electron chi connectivity index (χ1n) is 12.4. The van der Waals surface area contributed by atoms with Gasteiger partial charge in [-0.05, 0) is 82.0 Å². The zero-order valence-corrected chi connectivity index (χ0v) is 25.4. The Balaban J connectivity index is 1.48. The van der Waals surface area contributed by atoms with E-state index in [1.54, 1.807) is 73.7 Å². The van der Waals surface area contributed by atoms with Crippen molar-refractivity contribution in [2.24, 2.45) is 5.10 Å². The number of sulfonamides is 1. The van der Waals surface area contributed by atoms with Crippen molar-refractivity contribution in [3.63, 3.8) is 0 Å². The van der Waals surface area contributed by atoms with Crippen molar-refractivity contribution in [3.05, 3.63) is 117 Å². The van der Waals surface area contributed by atoms with Crippen molar-refractivity contribution >= 4 is 55.4 Å². The van der Waals surface area contributed by atoms with Gasteiger partial charge in [-0.25, -0.2) is 13.8 Å². The van der Waals surface area contributed by atoms with Crippen LogP contribution in [0, 0.1) is 6.92 Å². The van der Waals surface area contributed by atoms with Crippen LogP contribution in [0.5, 0.6) is 11.5 Å². The second-order valence-corrected chi connectivity index (χ2v) is 12.0. The highest BCUT2D eigenvalue weighted by Gasteiger charge is 2.28. The van der Waals surface area contributed by atoms with Crippen molar-refractivity contribution in [2.75, 3.05) is 18.0 Å². The minimum Gasteiger partial charge on any atom is -0.493 e. The Morgan fingerprint density at radius 1 is 1.02 bits per heavy atom. The fourth-order valence-corrected chi connectivity index (χ4v) is 6.10. The molecule has 4 rings (SSSR count). The van der Waals surface area contributed by atoms with Crippen LogP contribution in [0.2, 0.25) is 5.02 Å². The lowest BCUT2D eigenvalue weighted by molar-refractivity contribution is -0.119. The number of halogens is 2. The second kappa shape index (κ2) is 13.7. The van der Waals surface area contributed by atoms with Gasteiger partial charge >= 0.3 is 0 Å². The zero-order valence-electron chi connectivity index (χ0n) is 22.3. The molecular formula is C30H27BrClN3O5S. The van der Waals surface area contributed by atoms with Crippen LogP contribution in [-0.4, -0.2) is 34.2 Å². The minimum atomic E-state index is -4.02. The number of carbonyl (C=O) groups is 1. The number of benzene rings is 4. The minimum absolute atomic E-state index is 0.0786. The molecule has 0 aliphatic rings. The number of aryl methyl sites for hydroxylation is 1. The lowest BCUT2D eigenvalue weighted by Crippen LogP contribution is -2.40. The fourth-order valence-electron chi connectivity index (χ4n) is 3.90. The van der Waals surface area contributed by atoms with E-state index >= 15 is 0 Å². The highest BCUT2D eigenvalue weighted by molar-refractivity contribution is 9.10. The van der Waals surface area contributed by atoms with Crippen molar-refractivity contribution in [2.45, 2.75) is 18.4 Å². The second-order valence-electron chi connectivity index (χ2n) is 8.85. The average Bonchev–Trinajstić information content (AvgIpc) is 2.97. The SMILES string of the molecule is COc1cc(/C=N\NC(=O)CN(c2ccccc2C)S(=O)(=O)c2ccccc2)cc(Br)c1OCc1ccc(Cl)cc1. The van der Waals surface area contributed by atoms with Gasteiger partial charge in [0.25, 0.3) is 15.9 Å². The molecule has 0 fully saturated rings. The summed E-state index contributed by atoms with van der Waals surface area (Å²) in [6.45, 7) is 1.62. The van der Waals surface area contributed by atoms with Crippen LogP contribution in [-0.2, 0) is 21.4 Å². The van der Waals surface area contributed by atoms with Gasteiger partial charge in [0.2, 0.25) is 0 Å². The Kier molecular flexibility index (Phi) is 10.0. The summed E-state index contributed by atoms with van der Waals surface area (Å²) in [5.74, 6) is 0.349. The molecule has 8 nitrogen and oxygen atoms in total. The average molecular weight is 657 g/mol. The molecule has 0 saturated heterocycles. The quantitative estimate of drug-likeness (QED) is 0.150. The van der Waals surface area contributed by atoms with Gasteiger partial charge in [0, 0.05) is 5.02 Å². The molecule has 0 saturated carbocycles. The van der Waals surface area contributed by atoms with Gasteiger partial charge in [0.15, 0.2) is 11.5 Å². The molecule has 0 aliphatic carbocycles. The standard InChI is InChI=1S/C30H27BrClN3O5S/c1-21-8-6-7-11-27(21)35(41(37,38)25-9-4-3-5-10-25)19-29(36)34-33-18-23-16-26(31)30(28(17-23)39-2)40-20-22-12-14-24(32)15-13-22/h3-18H,19-20H2,1-2H3,(H,34,36)/b33-18-. The van der Waals surface area contributed by atoms with Gasteiger partial charge in [-0.2, -0.15) is 5.10 Å². The third kappa shape index (κ3) is 7.66. The maximum atomic E-state index is 13.5. The molecule has 0 unspecified atom stereocenters. The molecular weight excluding hydrogens is 630 g/mol. The van der Waals surface area contributed by atoms with Crippen LogP contribution >= 0.6 is 27.5 Å². The first kappa shape index (κ1) is 30.1. The summed E-state index contributed by atoms with van der Waals surface area (Å²) >= 11 is 9.45. The molecule has 4 aromatic rings. The van der Waals surface area contributed by atoms with E-state index in [1.807, 2.05) is 12.1 Å². The van der Waals surface area contributed by atoms with Gasteiger partial charge in [0.1, 0.15) is 13.2 Å². The third-order valence-corrected chi connectivity index (χ3v) is 8.57. The zero-order chi connectivity index (χ0) is 29.4. The normalized spacial score (nSPS) is 11.3. The Hall–Kier alpha value is -3.86. The fraction of sp³-hybridized carbons (Fsp3) is 0.133. The Bertz CT molecular complexity index is 1650. The predicted octanol–water partition coefficient (Wildman–Crippen LogP) is 6.34. The van der Waals surface area contributed by atoms with Gasteiger partial charge in [-0.15, -0.1) is 0 Å². The number of carbonyl (C=O) groups excluding carboxylic acids is 1. The van der Waals surface area contributed by atoms with Crippen LogP contribution in [0.1, 0.15) is 16.7 Å². The summed E-state index contributed by atoms with van der Waals surface area (Å²) in [5, 5.41) is 4.68. The molecule has 0 aromatic heterocycles. The number of nitrogens with zero attached hydrogens (tertiary/aromatic N) is 2. The van der Waals surface area contributed by atoms with Crippen LogP contribution in [0.15, 0.2) is 105 Å². The number of anilines is 1. The largest absolute Gasteiger partial charge is 0.493 e. The van der Waals surface area contributed by atoms with Crippen LogP contribution in [0.25, 0.3) is 0 Å². The molecule has 0 aliphatic heterocycles. The van der Waals surface area contributed by atoms with Gasteiger partial charge in [0.05, 0.1) is 28.4 Å². The van der Waals surface area contributed by atoms with Crippen LogP contribution < -0.4 is 19.2 Å². The number of nitrogens with one attached hydrogen (secondary N) is 1. The molecule has 212 valence electrons. The van der Waals surface area contributed by atoms with E-state index in [1.165, 1.54) is 25.5 Å². The maximum absolute atomic E-state index is 13.5. The molecule has 0 spiro atoms. The Morgan fingerprint density at radius 2 is 1.71 bits per heavy atom. The predicted molar refractivity (Wildman–Crippen MR) is 164 cm³/mol. The number of methoxy groups -OCH3 is 1. The van der Waals surface area contributed by atoms with Crippen molar-refractivity contribution < 1.29 is 22.7 Å². The smallest absolute Gasteiger partial charge is 0.264 e. The number of amides is 1. The summed E-state index contributed by atoms with van der Waals surface area (Å²) in [6, 6.07) is 25.7. The molecule has 41 heavy (non-hydrogen) atoms. The van der Waals surface area contributed by atoms with E-state index in [9.17, 15) is 13.2 Å². The van der Waals surface area contributed by atoms with E-state index in [4.69, 9.17) is 21.1 Å². The Morgan fingerprint density at radius 3 is 2.39 bits per heavy atom. The van der Waals surface area contributed by atoms with Gasteiger partial charge in [-0.3, -0.25) is 9.10 Å². The topological polar surface area (TPSA) is 97.3 Å². The summed E-state index contributed by atoms with van der Waals surface area (Å²) < 4.78 is 40.1. The van der Waals surface area contributed by atoms with E-state index in [0.717, 1.165) is 9.87 Å². The molecule has 11 heteroatoms. The lowest BCUT2D eigenvalue weighted by atomic mass is 10.2. The Labute approximate surface area is 252 Å². The first-order chi connectivity index (χ1) is 19.7.